The monoisotopic (exact) mass is 444 g/mol. The highest BCUT2D eigenvalue weighted by Gasteiger charge is 2.23. The Hall–Kier alpha value is -3.52. The van der Waals surface area contributed by atoms with Crippen LogP contribution in [0.4, 0.5) is 0 Å². The van der Waals surface area contributed by atoms with E-state index in [1.54, 1.807) is 0 Å². The molecule has 0 aliphatic carbocycles. The molecule has 1 N–H and O–H groups in total. The SMILES string of the molecule is CC(C)(C)c1cc(-n2c3ccccc3c3ccc4[nH]c5ccccc5c4c32)cc(C(C)(C)C)c1. The van der Waals surface area contributed by atoms with Crippen LogP contribution >= 0.6 is 0 Å². The maximum Gasteiger partial charge on any atom is 0.0641 e. The number of nitrogens with one attached hydrogen (secondary N) is 1. The number of aromatic nitrogens is 2. The van der Waals surface area contributed by atoms with Gasteiger partial charge >= 0.3 is 0 Å². The van der Waals surface area contributed by atoms with Gasteiger partial charge in [-0.25, -0.2) is 0 Å². The zero-order chi connectivity index (χ0) is 23.8. The Bertz CT molecular complexity index is 1680. The van der Waals surface area contributed by atoms with Crippen molar-refractivity contribution in [2.75, 3.05) is 0 Å². The minimum Gasteiger partial charge on any atom is -0.354 e. The van der Waals surface area contributed by atoms with Crippen molar-refractivity contribution >= 4 is 43.6 Å². The zero-order valence-corrected chi connectivity index (χ0v) is 21.0. The van der Waals surface area contributed by atoms with Gasteiger partial charge in [-0.2, -0.15) is 0 Å². The van der Waals surface area contributed by atoms with Gasteiger partial charge in [0.05, 0.1) is 11.0 Å². The Morgan fingerprint density at radius 1 is 0.588 bits per heavy atom. The average Bonchev–Trinajstić information content (AvgIpc) is 3.33. The molecule has 0 bridgehead atoms. The summed E-state index contributed by atoms with van der Waals surface area (Å²) in [6.45, 7) is 13.8. The lowest BCUT2D eigenvalue weighted by molar-refractivity contribution is 0.568. The van der Waals surface area contributed by atoms with Crippen LogP contribution in [0, 0.1) is 0 Å². The summed E-state index contributed by atoms with van der Waals surface area (Å²) in [5.41, 5.74) is 8.99. The van der Waals surface area contributed by atoms with Gasteiger partial charge in [0, 0.05) is 38.3 Å². The molecule has 2 heteroatoms. The first kappa shape index (κ1) is 21.0. The quantitative estimate of drug-likeness (QED) is 0.261. The van der Waals surface area contributed by atoms with Crippen molar-refractivity contribution in [3.8, 4) is 5.69 Å². The van der Waals surface area contributed by atoms with E-state index in [2.05, 4.69) is 130 Å². The molecule has 170 valence electrons. The molecule has 4 aromatic carbocycles. The number of aromatic amines is 1. The molecule has 2 heterocycles. The van der Waals surface area contributed by atoms with Gasteiger partial charge in [0.25, 0.3) is 0 Å². The van der Waals surface area contributed by atoms with Crippen molar-refractivity contribution < 1.29 is 0 Å². The average molecular weight is 445 g/mol. The van der Waals surface area contributed by atoms with Crippen LogP contribution in [0.2, 0.25) is 0 Å². The number of nitrogens with zero attached hydrogens (tertiary/aromatic N) is 1. The van der Waals surface area contributed by atoms with E-state index in [4.69, 9.17) is 0 Å². The first-order valence-electron chi connectivity index (χ1n) is 12.2. The van der Waals surface area contributed by atoms with E-state index < -0.39 is 0 Å². The third kappa shape index (κ3) is 3.09. The molecule has 0 fully saturated rings. The van der Waals surface area contributed by atoms with Gasteiger partial charge in [0.1, 0.15) is 0 Å². The van der Waals surface area contributed by atoms with E-state index in [1.165, 1.54) is 60.4 Å². The van der Waals surface area contributed by atoms with Gasteiger partial charge in [-0.3, -0.25) is 0 Å². The van der Waals surface area contributed by atoms with Crippen LogP contribution in [0.5, 0.6) is 0 Å². The fourth-order valence-corrected chi connectivity index (χ4v) is 5.26. The lowest BCUT2D eigenvalue weighted by Crippen LogP contribution is -2.17. The Kier molecular flexibility index (Phi) is 4.33. The molecule has 0 spiro atoms. The number of para-hydroxylation sites is 2. The summed E-state index contributed by atoms with van der Waals surface area (Å²) in [5, 5.41) is 5.16. The summed E-state index contributed by atoms with van der Waals surface area (Å²) in [5.74, 6) is 0. The van der Waals surface area contributed by atoms with E-state index in [0.29, 0.717) is 0 Å². The van der Waals surface area contributed by atoms with Gasteiger partial charge in [-0.05, 0) is 52.3 Å². The molecule has 0 saturated carbocycles. The summed E-state index contributed by atoms with van der Waals surface area (Å²) >= 11 is 0. The molecule has 2 aromatic heterocycles. The van der Waals surface area contributed by atoms with Crippen LogP contribution in [0.3, 0.4) is 0 Å². The highest BCUT2D eigenvalue weighted by Crippen LogP contribution is 2.41. The fourth-order valence-electron chi connectivity index (χ4n) is 5.26. The molecule has 0 saturated heterocycles. The van der Waals surface area contributed by atoms with Crippen LogP contribution in [0.15, 0.2) is 78.9 Å². The largest absolute Gasteiger partial charge is 0.354 e. The number of H-pyrrole nitrogens is 1. The lowest BCUT2D eigenvalue weighted by atomic mass is 9.80. The maximum atomic E-state index is 3.65. The third-order valence-corrected chi connectivity index (χ3v) is 7.21. The predicted octanol–water partition coefficient (Wildman–Crippen LogP) is 9.01. The first-order valence-corrected chi connectivity index (χ1v) is 12.2. The Balaban J connectivity index is 1.84. The molecule has 0 aliphatic heterocycles. The molecule has 0 radical (unpaired) electrons. The lowest BCUT2D eigenvalue weighted by Gasteiger charge is -2.27. The highest BCUT2D eigenvalue weighted by atomic mass is 15.0. The zero-order valence-electron chi connectivity index (χ0n) is 21.0. The number of benzene rings is 4. The molecule has 0 aliphatic rings. The molecular formula is C32H32N2. The van der Waals surface area contributed by atoms with Crippen LogP contribution < -0.4 is 0 Å². The Morgan fingerprint density at radius 2 is 1.21 bits per heavy atom. The van der Waals surface area contributed by atoms with Crippen molar-refractivity contribution in [1.82, 2.24) is 9.55 Å². The summed E-state index contributed by atoms with van der Waals surface area (Å²) in [7, 11) is 0. The van der Waals surface area contributed by atoms with Crippen molar-refractivity contribution in [3.05, 3.63) is 90.0 Å². The predicted molar refractivity (Wildman–Crippen MR) is 148 cm³/mol. The van der Waals surface area contributed by atoms with E-state index in [0.717, 1.165) is 0 Å². The van der Waals surface area contributed by atoms with Crippen molar-refractivity contribution in [1.29, 1.82) is 0 Å². The van der Waals surface area contributed by atoms with E-state index in [1.807, 2.05) is 0 Å². The molecule has 2 nitrogen and oxygen atoms in total. The standard InChI is InChI=1S/C32H32N2/c1-31(2,3)20-17-21(32(4,5)6)19-22(18-20)34-28-14-10-8-11-23(28)24-15-16-27-29(30(24)34)25-12-7-9-13-26(25)33-27/h7-19,33H,1-6H3. The van der Waals surface area contributed by atoms with Gasteiger partial charge in [-0.15, -0.1) is 0 Å². The second-order valence-electron chi connectivity index (χ2n) is 11.7. The Morgan fingerprint density at radius 3 is 1.88 bits per heavy atom. The second-order valence-corrected chi connectivity index (χ2v) is 11.7. The van der Waals surface area contributed by atoms with Gasteiger partial charge < -0.3 is 9.55 Å². The summed E-state index contributed by atoms with van der Waals surface area (Å²) in [6, 6.07) is 29.2. The Labute approximate surface area is 201 Å². The first-order chi connectivity index (χ1) is 16.1. The molecule has 6 rings (SSSR count). The van der Waals surface area contributed by atoms with Crippen LogP contribution in [-0.2, 0) is 10.8 Å². The van der Waals surface area contributed by atoms with E-state index in [-0.39, 0.29) is 10.8 Å². The normalized spacial score (nSPS) is 13.0. The molecule has 0 amide bonds. The van der Waals surface area contributed by atoms with Crippen LogP contribution in [0.1, 0.15) is 52.7 Å². The second kappa shape index (κ2) is 6.99. The van der Waals surface area contributed by atoms with Crippen LogP contribution in [-0.4, -0.2) is 9.55 Å². The minimum absolute atomic E-state index is 0.0604. The number of hydrogen-bond acceptors (Lipinski definition) is 0. The maximum absolute atomic E-state index is 3.65. The van der Waals surface area contributed by atoms with Gasteiger partial charge in [-0.1, -0.05) is 90.1 Å². The number of fused-ring (bicyclic) bond motifs is 7. The van der Waals surface area contributed by atoms with Crippen LogP contribution in [0.25, 0.3) is 49.3 Å². The number of rotatable bonds is 1. The van der Waals surface area contributed by atoms with Gasteiger partial charge in [0.15, 0.2) is 0 Å². The van der Waals surface area contributed by atoms with Gasteiger partial charge in [0.2, 0.25) is 0 Å². The molecule has 0 unspecified atom stereocenters. The molecule has 34 heavy (non-hydrogen) atoms. The minimum atomic E-state index is 0.0604. The van der Waals surface area contributed by atoms with Crippen molar-refractivity contribution in [3.63, 3.8) is 0 Å². The fraction of sp³-hybridized carbons (Fsp3) is 0.250. The molecule has 6 aromatic rings. The number of hydrogen-bond donors (Lipinski definition) is 1. The topological polar surface area (TPSA) is 20.7 Å². The summed E-state index contributed by atoms with van der Waals surface area (Å²) in [4.78, 5) is 3.65. The highest BCUT2D eigenvalue weighted by molar-refractivity contribution is 6.25. The molecular weight excluding hydrogens is 412 g/mol. The summed E-state index contributed by atoms with van der Waals surface area (Å²) in [6.07, 6.45) is 0. The molecule has 0 atom stereocenters. The summed E-state index contributed by atoms with van der Waals surface area (Å²) < 4.78 is 2.50. The van der Waals surface area contributed by atoms with E-state index >= 15 is 0 Å². The third-order valence-electron chi connectivity index (χ3n) is 7.21. The smallest absolute Gasteiger partial charge is 0.0641 e. The van der Waals surface area contributed by atoms with E-state index in [9.17, 15) is 0 Å². The van der Waals surface area contributed by atoms with Crippen molar-refractivity contribution in [2.45, 2.75) is 52.4 Å². The van der Waals surface area contributed by atoms with Crippen molar-refractivity contribution in [2.24, 2.45) is 0 Å².